The van der Waals surface area contributed by atoms with E-state index >= 15 is 0 Å². The summed E-state index contributed by atoms with van der Waals surface area (Å²) in [6, 6.07) is 73.6. The van der Waals surface area contributed by atoms with Crippen molar-refractivity contribution >= 4 is 60.4 Å². The zero-order valence-electron chi connectivity index (χ0n) is 31.6. The fourth-order valence-corrected chi connectivity index (χ4v) is 8.65. The Morgan fingerprint density at radius 2 is 0.931 bits per heavy atom. The fourth-order valence-electron chi connectivity index (χ4n) is 8.65. The average molecular weight is 741 g/mol. The van der Waals surface area contributed by atoms with E-state index in [4.69, 9.17) is 9.97 Å². The zero-order valence-corrected chi connectivity index (χ0v) is 31.6. The maximum absolute atomic E-state index is 4.91. The lowest BCUT2D eigenvalue weighted by Gasteiger charge is -2.29. The molecule has 0 aliphatic carbocycles. The number of para-hydroxylation sites is 2. The van der Waals surface area contributed by atoms with E-state index in [2.05, 4.69) is 185 Å². The summed E-state index contributed by atoms with van der Waals surface area (Å²) in [7, 11) is 0. The number of aromatic nitrogens is 3. The minimum absolute atomic E-state index is 0.692. The number of rotatable bonds is 7. The lowest BCUT2D eigenvalue weighted by Crippen LogP contribution is -2.12. The fraction of sp³-hybridized carbons (Fsp3) is 0. The lowest BCUT2D eigenvalue weighted by atomic mass is 9.92. The molecule has 9 aromatic carbocycles. The third-order valence-corrected chi connectivity index (χ3v) is 11.3. The maximum atomic E-state index is 4.91. The van der Waals surface area contributed by atoms with Crippen molar-refractivity contribution in [3.05, 3.63) is 219 Å². The number of hydrogen-bond donors (Lipinski definition) is 0. The van der Waals surface area contributed by atoms with Gasteiger partial charge in [-0.25, -0.2) is 9.97 Å². The molecule has 0 amide bonds. The molecule has 0 N–H and O–H groups in total. The zero-order chi connectivity index (χ0) is 38.4. The van der Waals surface area contributed by atoms with Crippen LogP contribution in [0, 0.1) is 0 Å². The molecule has 0 aliphatic heterocycles. The van der Waals surface area contributed by atoms with Crippen LogP contribution in [0.1, 0.15) is 0 Å². The third kappa shape index (κ3) is 5.62. The standard InChI is InChI=1S/C54H36N4/c1-2-18-39(19-3-1)54-55-35-41(36-56-54)57(49-30-14-20-37-16-4-6-23-43(37)49)51-28-12-10-26-46(51)45-25-9-8-22-42(45)40-32-33-48-47-27-11-13-29-52(47)58(53(48)34-40)50-31-15-21-38-17-5-7-24-44(38)50/h1-36H. The van der Waals surface area contributed by atoms with Crippen molar-refractivity contribution in [1.29, 1.82) is 0 Å². The van der Waals surface area contributed by atoms with Gasteiger partial charge in [0, 0.05) is 32.7 Å². The van der Waals surface area contributed by atoms with Gasteiger partial charge in [0.25, 0.3) is 0 Å². The molecule has 272 valence electrons. The number of fused-ring (bicyclic) bond motifs is 5. The highest BCUT2D eigenvalue weighted by Crippen LogP contribution is 2.46. The van der Waals surface area contributed by atoms with Crippen LogP contribution in [0.5, 0.6) is 0 Å². The van der Waals surface area contributed by atoms with E-state index in [0.29, 0.717) is 5.82 Å². The first kappa shape index (κ1) is 33.5. The smallest absolute Gasteiger partial charge is 0.159 e. The van der Waals surface area contributed by atoms with Crippen molar-refractivity contribution in [1.82, 2.24) is 14.5 Å². The predicted octanol–water partition coefficient (Wildman–Crippen LogP) is 14.4. The van der Waals surface area contributed by atoms with Gasteiger partial charge in [-0.2, -0.15) is 0 Å². The molecule has 4 heteroatoms. The van der Waals surface area contributed by atoms with Crippen LogP contribution < -0.4 is 4.90 Å². The molecule has 0 fully saturated rings. The molecule has 0 saturated heterocycles. The van der Waals surface area contributed by atoms with Gasteiger partial charge < -0.3 is 9.47 Å². The molecule has 0 saturated carbocycles. The highest BCUT2D eigenvalue weighted by atomic mass is 15.2. The van der Waals surface area contributed by atoms with Crippen molar-refractivity contribution in [3.63, 3.8) is 0 Å². The number of hydrogen-bond acceptors (Lipinski definition) is 3. The monoisotopic (exact) mass is 740 g/mol. The summed E-state index contributed by atoms with van der Waals surface area (Å²) in [5.74, 6) is 0.692. The van der Waals surface area contributed by atoms with Crippen LogP contribution in [0.4, 0.5) is 17.1 Å². The van der Waals surface area contributed by atoms with Crippen LogP contribution in [0.15, 0.2) is 219 Å². The van der Waals surface area contributed by atoms with Crippen LogP contribution in [0.25, 0.3) is 82.7 Å². The van der Waals surface area contributed by atoms with Gasteiger partial charge in [0.1, 0.15) is 0 Å². The largest absolute Gasteiger partial charge is 0.309 e. The molecule has 2 heterocycles. The van der Waals surface area contributed by atoms with E-state index in [1.54, 1.807) is 0 Å². The SMILES string of the molecule is c1ccc(-c2ncc(N(c3ccccc3-c3ccccc3-c3ccc4c5ccccc5n(-c5cccc6ccccc56)c4c3)c3cccc4ccccc34)cn2)cc1. The Hall–Kier alpha value is -7.82. The minimum atomic E-state index is 0.692. The van der Waals surface area contributed by atoms with Gasteiger partial charge in [-0.15, -0.1) is 0 Å². The second-order valence-electron chi connectivity index (χ2n) is 14.6. The first-order chi connectivity index (χ1) is 28.8. The van der Waals surface area contributed by atoms with Crippen molar-refractivity contribution in [2.75, 3.05) is 4.90 Å². The van der Waals surface area contributed by atoms with E-state index in [1.165, 1.54) is 43.7 Å². The molecule has 11 aromatic rings. The van der Waals surface area contributed by atoms with Crippen LogP contribution in [0.2, 0.25) is 0 Å². The van der Waals surface area contributed by atoms with E-state index in [9.17, 15) is 0 Å². The third-order valence-electron chi connectivity index (χ3n) is 11.3. The Morgan fingerprint density at radius 3 is 1.74 bits per heavy atom. The summed E-state index contributed by atoms with van der Waals surface area (Å²) in [4.78, 5) is 12.1. The van der Waals surface area contributed by atoms with E-state index in [0.717, 1.165) is 50.3 Å². The highest BCUT2D eigenvalue weighted by Gasteiger charge is 2.22. The molecule has 0 unspecified atom stereocenters. The van der Waals surface area contributed by atoms with Gasteiger partial charge in [0.2, 0.25) is 0 Å². The molecule has 0 atom stereocenters. The molecule has 4 nitrogen and oxygen atoms in total. The summed E-state index contributed by atoms with van der Waals surface area (Å²) in [5, 5.41) is 7.22. The Kier molecular flexibility index (Phi) is 8.11. The average Bonchev–Trinajstić information content (AvgIpc) is 3.63. The molecule has 0 bridgehead atoms. The van der Waals surface area contributed by atoms with Crippen LogP contribution in [-0.4, -0.2) is 14.5 Å². The Morgan fingerprint density at radius 1 is 0.362 bits per heavy atom. The number of anilines is 3. The van der Waals surface area contributed by atoms with Crippen LogP contribution >= 0.6 is 0 Å². The Balaban J connectivity index is 1.11. The van der Waals surface area contributed by atoms with Crippen LogP contribution in [-0.2, 0) is 0 Å². The Bertz CT molecular complexity index is 3280. The van der Waals surface area contributed by atoms with Crippen molar-refractivity contribution in [2.24, 2.45) is 0 Å². The first-order valence-corrected chi connectivity index (χ1v) is 19.7. The van der Waals surface area contributed by atoms with E-state index in [-0.39, 0.29) is 0 Å². The summed E-state index contributed by atoms with van der Waals surface area (Å²) in [6.07, 6.45) is 3.89. The summed E-state index contributed by atoms with van der Waals surface area (Å²) in [5.41, 5.74) is 12.0. The minimum Gasteiger partial charge on any atom is -0.309 e. The molecule has 2 aromatic heterocycles. The molecule has 0 aliphatic rings. The van der Waals surface area contributed by atoms with Gasteiger partial charge in [-0.05, 0) is 57.8 Å². The van der Waals surface area contributed by atoms with Gasteiger partial charge in [0.05, 0.1) is 46.2 Å². The lowest BCUT2D eigenvalue weighted by molar-refractivity contribution is 1.14. The quantitative estimate of drug-likeness (QED) is 0.163. The molecular weight excluding hydrogens is 705 g/mol. The summed E-state index contributed by atoms with van der Waals surface area (Å²) >= 11 is 0. The molecule has 0 radical (unpaired) electrons. The van der Waals surface area contributed by atoms with E-state index < -0.39 is 0 Å². The summed E-state index contributed by atoms with van der Waals surface area (Å²) < 4.78 is 2.44. The summed E-state index contributed by atoms with van der Waals surface area (Å²) in [6.45, 7) is 0. The molecule has 0 spiro atoms. The predicted molar refractivity (Wildman–Crippen MR) is 242 cm³/mol. The van der Waals surface area contributed by atoms with Gasteiger partial charge in [0.15, 0.2) is 5.82 Å². The van der Waals surface area contributed by atoms with Crippen molar-refractivity contribution < 1.29 is 0 Å². The maximum Gasteiger partial charge on any atom is 0.159 e. The second-order valence-corrected chi connectivity index (χ2v) is 14.6. The number of benzene rings is 9. The van der Waals surface area contributed by atoms with Crippen LogP contribution in [0.3, 0.4) is 0 Å². The highest BCUT2D eigenvalue weighted by molar-refractivity contribution is 6.12. The van der Waals surface area contributed by atoms with Gasteiger partial charge in [-0.1, -0.05) is 176 Å². The topological polar surface area (TPSA) is 34.0 Å². The van der Waals surface area contributed by atoms with Gasteiger partial charge in [-0.3, -0.25) is 0 Å². The molecule has 11 rings (SSSR count). The Labute approximate surface area is 336 Å². The molecular formula is C54H36N4. The van der Waals surface area contributed by atoms with Gasteiger partial charge >= 0.3 is 0 Å². The van der Waals surface area contributed by atoms with E-state index in [1.807, 2.05) is 42.7 Å². The molecule has 58 heavy (non-hydrogen) atoms. The second kappa shape index (κ2) is 14.0. The first-order valence-electron chi connectivity index (χ1n) is 19.7. The normalized spacial score (nSPS) is 11.4. The van der Waals surface area contributed by atoms with Crippen molar-refractivity contribution in [3.8, 4) is 39.3 Å². The van der Waals surface area contributed by atoms with Crippen molar-refractivity contribution in [2.45, 2.75) is 0 Å². The number of nitrogens with zero attached hydrogens (tertiary/aromatic N) is 4.